The van der Waals surface area contributed by atoms with Crippen molar-refractivity contribution in [2.24, 2.45) is 5.92 Å². The van der Waals surface area contributed by atoms with E-state index in [2.05, 4.69) is 60.9 Å². The van der Waals surface area contributed by atoms with Crippen LogP contribution in [0.1, 0.15) is 213 Å². The van der Waals surface area contributed by atoms with E-state index < -0.39 is 32.5 Å². The van der Waals surface area contributed by atoms with Gasteiger partial charge in [-0.3, -0.25) is 14.1 Å². The Balaban J connectivity index is 3.91. The third kappa shape index (κ3) is 45.1. The normalized spacial score (nSPS) is 13.4. The van der Waals surface area contributed by atoms with E-state index in [4.69, 9.17) is 24.4 Å². The van der Waals surface area contributed by atoms with Gasteiger partial charge in [0.1, 0.15) is 6.61 Å². The van der Waals surface area contributed by atoms with Crippen molar-refractivity contribution < 1.29 is 43.0 Å². The largest absolute Gasteiger partial charge is 0.469 e. The number of allylic oxidation sites excluding steroid dienone is 8. The molecule has 0 spiro atoms. The summed E-state index contributed by atoms with van der Waals surface area (Å²) in [7, 11) is -4.78. The summed E-state index contributed by atoms with van der Waals surface area (Å²) in [5, 5.41) is 8.78. The molecule has 0 bridgehead atoms. The van der Waals surface area contributed by atoms with E-state index in [1.807, 2.05) is 6.08 Å². The molecular formula is C48H87O9P. The van der Waals surface area contributed by atoms with Gasteiger partial charge >= 0.3 is 19.8 Å². The SMILES string of the molecule is CCC(C)CCCCCCCCCCCCCCCCCCCCC(=O)O[C@H](COC(=O)CCC/C=C\C/C=C\C/C=C\C/C=C\CCCCCO)COP(=O)(O)O. The number of unbranched alkanes of at least 4 members (excludes halogenated alkanes) is 21. The van der Waals surface area contributed by atoms with E-state index in [0.29, 0.717) is 19.3 Å². The van der Waals surface area contributed by atoms with Gasteiger partial charge in [0, 0.05) is 19.4 Å². The maximum Gasteiger partial charge on any atom is 0.469 e. The van der Waals surface area contributed by atoms with Crippen LogP contribution >= 0.6 is 7.82 Å². The Morgan fingerprint density at radius 1 is 0.534 bits per heavy atom. The highest BCUT2D eigenvalue weighted by molar-refractivity contribution is 7.46. The van der Waals surface area contributed by atoms with Crippen LogP contribution in [0.15, 0.2) is 48.6 Å². The summed E-state index contributed by atoms with van der Waals surface area (Å²) in [6.45, 7) is 4.06. The number of carbonyl (C=O) groups excluding carboxylic acids is 2. The van der Waals surface area contributed by atoms with Crippen molar-refractivity contribution in [2.45, 2.75) is 219 Å². The molecule has 0 saturated carbocycles. The van der Waals surface area contributed by atoms with Gasteiger partial charge in [-0.15, -0.1) is 0 Å². The number of rotatable bonds is 43. The zero-order valence-corrected chi connectivity index (χ0v) is 37.9. The van der Waals surface area contributed by atoms with Gasteiger partial charge in [-0.05, 0) is 63.7 Å². The van der Waals surface area contributed by atoms with Gasteiger partial charge < -0.3 is 24.4 Å². The third-order valence-corrected chi connectivity index (χ3v) is 10.9. The lowest BCUT2D eigenvalue weighted by Crippen LogP contribution is -2.29. The molecule has 1 unspecified atom stereocenters. The van der Waals surface area contributed by atoms with Crippen LogP contribution in [0.25, 0.3) is 0 Å². The predicted octanol–water partition coefficient (Wildman–Crippen LogP) is 13.5. The number of ether oxygens (including phenoxy) is 2. The lowest BCUT2D eigenvalue weighted by atomic mass is 9.99. The monoisotopic (exact) mass is 839 g/mol. The van der Waals surface area contributed by atoms with Crippen molar-refractivity contribution in [2.75, 3.05) is 19.8 Å². The minimum absolute atomic E-state index is 0.182. The first-order valence-electron chi connectivity index (χ1n) is 23.4. The van der Waals surface area contributed by atoms with E-state index in [1.165, 1.54) is 103 Å². The molecule has 0 fully saturated rings. The Labute approximate surface area is 355 Å². The average Bonchev–Trinajstić information content (AvgIpc) is 3.20. The zero-order chi connectivity index (χ0) is 42.6. The second-order valence-electron chi connectivity index (χ2n) is 16.1. The fourth-order valence-corrected chi connectivity index (χ4v) is 6.92. The summed E-state index contributed by atoms with van der Waals surface area (Å²) in [6.07, 6.45) is 49.9. The van der Waals surface area contributed by atoms with Gasteiger partial charge in [0.15, 0.2) is 6.10 Å². The average molecular weight is 839 g/mol. The van der Waals surface area contributed by atoms with E-state index >= 15 is 0 Å². The minimum atomic E-state index is -4.78. The van der Waals surface area contributed by atoms with Gasteiger partial charge in [0.2, 0.25) is 0 Å². The zero-order valence-electron chi connectivity index (χ0n) is 37.1. The number of esters is 2. The third-order valence-electron chi connectivity index (χ3n) is 10.4. The first-order valence-corrected chi connectivity index (χ1v) is 25.0. The molecular weight excluding hydrogens is 751 g/mol. The Bertz CT molecular complexity index is 1100. The van der Waals surface area contributed by atoms with Crippen LogP contribution in [0.5, 0.6) is 0 Å². The number of hydrogen-bond donors (Lipinski definition) is 3. The summed E-state index contributed by atoms with van der Waals surface area (Å²) in [6, 6.07) is 0. The number of aliphatic hydroxyl groups excluding tert-OH is 1. The van der Waals surface area contributed by atoms with Gasteiger partial charge in [-0.1, -0.05) is 191 Å². The molecule has 0 heterocycles. The van der Waals surface area contributed by atoms with Gasteiger partial charge in [-0.25, -0.2) is 4.57 Å². The number of carbonyl (C=O) groups is 2. The Morgan fingerprint density at radius 3 is 1.41 bits per heavy atom. The minimum Gasteiger partial charge on any atom is -0.462 e. The first kappa shape index (κ1) is 56.0. The van der Waals surface area contributed by atoms with Gasteiger partial charge in [-0.2, -0.15) is 0 Å². The maximum atomic E-state index is 12.5. The van der Waals surface area contributed by atoms with Gasteiger partial charge in [0.25, 0.3) is 0 Å². The molecule has 0 aliphatic heterocycles. The molecule has 0 aliphatic carbocycles. The lowest BCUT2D eigenvalue weighted by molar-refractivity contribution is -0.161. The van der Waals surface area contributed by atoms with Gasteiger partial charge in [0.05, 0.1) is 6.61 Å². The topological polar surface area (TPSA) is 140 Å². The summed E-state index contributed by atoms with van der Waals surface area (Å²) < 4.78 is 26.4. The maximum absolute atomic E-state index is 12.5. The fraction of sp³-hybridized carbons (Fsp3) is 0.792. The highest BCUT2D eigenvalue weighted by Gasteiger charge is 2.22. The molecule has 9 nitrogen and oxygen atoms in total. The summed E-state index contributed by atoms with van der Waals surface area (Å²) in [5.41, 5.74) is 0. The Hall–Kier alpha value is -2.03. The molecule has 0 rings (SSSR count). The number of phosphoric ester groups is 1. The van der Waals surface area contributed by atoms with E-state index in [1.54, 1.807) is 0 Å². The molecule has 0 radical (unpaired) electrons. The van der Waals surface area contributed by atoms with Crippen LogP contribution in [-0.2, 0) is 28.2 Å². The molecule has 0 aromatic carbocycles. The Morgan fingerprint density at radius 2 is 0.948 bits per heavy atom. The molecule has 338 valence electrons. The standard InChI is InChI=1S/C48H87O9P/c1-3-45(2)39-35-31-27-23-19-15-11-7-4-5-8-13-17-21-25-29-33-37-41-48(51)57-46(44-56-58(52,53)54)43-55-47(50)40-36-32-28-24-20-16-12-9-6-10-14-18-22-26-30-34-38-42-49/h6,10,12,16,18,22,24,28,45-46,49H,3-5,7-9,11,13-15,17,19-21,23,25-27,29-44H2,1-2H3,(H2,52,53,54)/b10-6-,16-12-,22-18-,28-24-/t45?,46-/m1/s1. The predicted molar refractivity (Wildman–Crippen MR) is 240 cm³/mol. The van der Waals surface area contributed by atoms with E-state index in [0.717, 1.165) is 70.1 Å². The smallest absolute Gasteiger partial charge is 0.462 e. The van der Waals surface area contributed by atoms with Crippen molar-refractivity contribution in [3.05, 3.63) is 48.6 Å². The molecule has 0 aromatic heterocycles. The quantitative estimate of drug-likeness (QED) is 0.0237. The molecule has 10 heteroatoms. The van der Waals surface area contributed by atoms with Crippen LogP contribution in [0.2, 0.25) is 0 Å². The van der Waals surface area contributed by atoms with Crippen molar-refractivity contribution in [1.82, 2.24) is 0 Å². The van der Waals surface area contributed by atoms with Crippen LogP contribution < -0.4 is 0 Å². The van der Waals surface area contributed by atoms with Crippen LogP contribution in [0.4, 0.5) is 0 Å². The van der Waals surface area contributed by atoms with Crippen LogP contribution in [0.3, 0.4) is 0 Å². The molecule has 58 heavy (non-hydrogen) atoms. The Kier molecular flexibility index (Phi) is 41.6. The van der Waals surface area contributed by atoms with E-state index in [-0.39, 0.29) is 26.1 Å². The molecule has 3 N–H and O–H groups in total. The molecule has 0 aromatic rings. The van der Waals surface area contributed by atoms with Crippen LogP contribution in [0, 0.1) is 5.92 Å². The number of aliphatic hydroxyl groups is 1. The summed E-state index contributed by atoms with van der Waals surface area (Å²) in [5.74, 6) is -0.0631. The van der Waals surface area contributed by atoms with Crippen molar-refractivity contribution in [3.63, 3.8) is 0 Å². The number of hydrogen-bond acceptors (Lipinski definition) is 7. The van der Waals surface area contributed by atoms with E-state index in [9.17, 15) is 14.2 Å². The second kappa shape index (κ2) is 43.1. The summed E-state index contributed by atoms with van der Waals surface area (Å²) in [4.78, 5) is 42.9. The highest BCUT2D eigenvalue weighted by Crippen LogP contribution is 2.36. The second-order valence-corrected chi connectivity index (χ2v) is 17.3. The fourth-order valence-electron chi connectivity index (χ4n) is 6.56. The van der Waals surface area contributed by atoms with Crippen LogP contribution in [-0.4, -0.2) is 52.8 Å². The number of phosphoric acid groups is 1. The van der Waals surface area contributed by atoms with Crippen molar-refractivity contribution >= 4 is 19.8 Å². The molecule has 0 amide bonds. The van der Waals surface area contributed by atoms with Crippen molar-refractivity contribution in [1.29, 1.82) is 0 Å². The first-order chi connectivity index (χ1) is 28.2. The van der Waals surface area contributed by atoms with Crippen molar-refractivity contribution in [3.8, 4) is 0 Å². The molecule has 0 saturated heterocycles. The lowest BCUT2D eigenvalue weighted by Gasteiger charge is -2.18. The molecule has 0 aliphatic rings. The summed E-state index contributed by atoms with van der Waals surface area (Å²) >= 11 is 0. The highest BCUT2D eigenvalue weighted by atomic mass is 31.2. The molecule has 2 atom stereocenters.